The number of hydrogen-bond donors (Lipinski definition) is 2. The van der Waals surface area contributed by atoms with Gasteiger partial charge in [-0.2, -0.15) is 5.10 Å². The number of aromatic nitrogens is 5. The Kier molecular flexibility index (Phi) is 5.13. The van der Waals surface area contributed by atoms with Crippen LogP contribution in [-0.2, 0) is 0 Å². The van der Waals surface area contributed by atoms with Crippen molar-refractivity contribution in [3.8, 4) is 0 Å². The van der Waals surface area contributed by atoms with Crippen molar-refractivity contribution in [1.82, 2.24) is 24.7 Å². The molecule has 1 amide bonds. The first-order chi connectivity index (χ1) is 14.8. The zero-order valence-corrected chi connectivity index (χ0v) is 16.8. The van der Waals surface area contributed by atoms with E-state index in [0.717, 1.165) is 31.4 Å². The van der Waals surface area contributed by atoms with Crippen LogP contribution in [0.4, 0.5) is 17.2 Å². The molecule has 0 radical (unpaired) electrons. The van der Waals surface area contributed by atoms with Crippen molar-refractivity contribution >= 4 is 23.1 Å². The molecule has 154 valence electrons. The van der Waals surface area contributed by atoms with E-state index in [1.807, 2.05) is 29.1 Å². The number of nitrogens with zero attached hydrogens (tertiary/aromatic N) is 5. The summed E-state index contributed by atoms with van der Waals surface area (Å²) < 4.78 is 1.99. The van der Waals surface area contributed by atoms with Gasteiger partial charge in [0.15, 0.2) is 11.5 Å². The van der Waals surface area contributed by atoms with Crippen LogP contribution < -0.4 is 10.6 Å². The summed E-state index contributed by atoms with van der Waals surface area (Å²) in [5.41, 5.74) is 2.64. The summed E-state index contributed by atoms with van der Waals surface area (Å²) in [5.74, 6) is 0.736. The van der Waals surface area contributed by atoms with E-state index in [1.165, 1.54) is 25.6 Å². The maximum atomic E-state index is 13.1. The Morgan fingerprint density at radius 2 is 1.80 bits per heavy atom. The molecule has 0 unspecified atom stereocenters. The maximum Gasteiger partial charge on any atom is 0.277 e. The Morgan fingerprint density at radius 1 is 1.00 bits per heavy atom. The summed E-state index contributed by atoms with van der Waals surface area (Å²) in [4.78, 5) is 25.8. The second-order valence-electron chi connectivity index (χ2n) is 8.09. The second-order valence-corrected chi connectivity index (χ2v) is 8.09. The van der Waals surface area contributed by atoms with E-state index < -0.39 is 0 Å². The molecule has 5 rings (SSSR count). The standard InChI is InChI=1S/C22H25N7O/c30-22(27-20-10-11-29(28-20)17-4-2-1-3-5-17)21-19(25-16-12-23-14-24-13-16)9-8-18(26-21)15-6-7-15/h8-15,17,25H,1-7H2,(H,27,28,30). The lowest BCUT2D eigenvalue weighted by Crippen LogP contribution is -2.18. The average molecular weight is 403 g/mol. The van der Waals surface area contributed by atoms with Crippen LogP contribution in [0.2, 0.25) is 0 Å². The van der Waals surface area contributed by atoms with Crippen molar-refractivity contribution in [2.75, 3.05) is 10.6 Å². The van der Waals surface area contributed by atoms with Gasteiger partial charge in [-0.15, -0.1) is 0 Å². The third-order valence-electron chi connectivity index (χ3n) is 5.77. The highest BCUT2D eigenvalue weighted by Crippen LogP contribution is 2.39. The maximum absolute atomic E-state index is 13.1. The smallest absolute Gasteiger partial charge is 0.277 e. The lowest BCUT2D eigenvalue weighted by Gasteiger charge is -2.21. The van der Waals surface area contributed by atoms with Gasteiger partial charge in [0.2, 0.25) is 0 Å². The minimum absolute atomic E-state index is 0.272. The van der Waals surface area contributed by atoms with Gasteiger partial charge in [0.1, 0.15) is 6.33 Å². The van der Waals surface area contributed by atoms with E-state index in [4.69, 9.17) is 0 Å². The third kappa shape index (κ3) is 4.17. The van der Waals surface area contributed by atoms with E-state index >= 15 is 0 Å². The number of nitrogens with one attached hydrogen (secondary N) is 2. The fourth-order valence-corrected chi connectivity index (χ4v) is 4.00. The van der Waals surface area contributed by atoms with Gasteiger partial charge in [0.05, 0.1) is 29.8 Å². The fraction of sp³-hybridized carbons (Fsp3) is 0.409. The quantitative estimate of drug-likeness (QED) is 0.631. The molecule has 8 nitrogen and oxygen atoms in total. The first-order valence-corrected chi connectivity index (χ1v) is 10.7. The number of amides is 1. The highest BCUT2D eigenvalue weighted by Gasteiger charge is 2.27. The van der Waals surface area contributed by atoms with Gasteiger partial charge in [-0.25, -0.2) is 15.0 Å². The van der Waals surface area contributed by atoms with Crippen LogP contribution in [0, 0.1) is 0 Å². The minimum atomic E-state index is -0.272. The van der Waals surface area contributed by atoms with Gasteiger partial charge in [0.25, 0.3) is 5.91 Å². The number of carbonyl (C=O) groups is 1. The van der Waals surface area contributed by atoms with E-state index in [9.17, 15) is 4.79 Å². The van der Waals surface area contributed by atoms with Crippen molar-refractivity contribution in [2.45, 2.75) is 56.9 Å². The first kappa shape index (κ1) is 18.7. The molecule has 3 aromatic heterocycles. The molecule has 3 aromatic rings. The van der Waals surface area contributed by atoms with E-state index in [1.54, 1.807) is 12.4 Å². The van der Waals surface area contributed by atoms with Crippen molar-refractivity contribution in [3.63, 3.8) is 0 Å². The molecule has 2 saturated carbocycles. The molecule has 30 heavy (non-hydrogen) atoms. The molecular formula is C22H25N7O. The molecule has 0 spiro atoms. The van der Waals surface area contributed by atoms with Gasteiger partial charge >= 0.3 is 0 Å². The van der Waals surface area contributed by atoms with Crippen LogP contribution in [0.25, 0.3) is 0 Å². The molecule has 2 N–H and O–H groups in total. The molecule has 0 saturated heterocycles. The number of hydrogen-bond acceptors (Lipinski definition) is 6. The monoisotopic (exact) mass is 403 g/mol. The Balaban J connectivity index is 1.37. The largest absolute Gasteiger partial charge is 0.351 e. The van der Waals surface area contributed by atoms with Crippen LogP contribution in [0.1, 0.15) is 73.1 Å². The molecule has 2 aliphatic rings. The molecule has 2 fully saturated rings. The van der Waals surface area contributed by atoms with Gasteiger partial charge in [-0.05, 0) is 37.8 Å². The molecule has 8 heteroatoms. The summed E-state index contributed by atoms with van der Waals surface area (Å²) in [6.45, 7) is 0. The summed E-state index contributed by atoms with van der Waals surface area (Å²) in [7, 11) is 0. The molecule has 2 aliphatic carbocycles. The van der Waals surface area contributed by atoms with Gasteiger partial charge in [-0.1, -0.05) is 19.3 Å². The minimum Gasteiger partial charge on any atom is -0.351 e. The fourth-order valence-electron chi connectivity index (χ4n) is 4.00. The van der Waals surface area contributed by atoms with Gasteiger partial charge in [0, 0.05) is 23.9 Å². The van der Waals surface area contributed by atoms with Gasteiger partial charge in [-0.3, -0.25) is 9.48 Å². The Bertz CT molecular complexity index is 1020. The molecule has 3 heterocycles. The number of carbonyl (C=O) groups excluding carboxylic acids is 1. The van der Waals surface area contributed by atoms with Crippen molar-refractivity contribution in [3.05, 3.63) is 54.5 Å². The highest BCUT2D eigenvalue weighted by atomic mass is 16.2. The zero-order valence-electron chi connectivity index (χ0n) is 16.8. The molecular weight excluding hydrogens is 378 g/mol. The SMILES string of the molecule is O=C(Nc1ccn(C2CCCCC2)n1)c1nc(C2CC2)ccc1Nc1cncnc1. The normalized spacial score (nSPS) is 16.9. The lowest BCUT2D eigenvalue weighted by atomic mass is 9.96. The van der Waals surface area contributed by atoms with Crippen molar-refractivity contribution in [2.24, 2.45) is 0 Å². The van der Waals surface area contributed by atoms with E-state index in [-0.39, 0.29) is 5.91 Å². The van der Waals surface area contributed by atoms with E-state index in [2.05, 4.69) is 30.7 Å². The highest BCUT2D eigenvalue weighted by molar-refractivity contribution is 6.06. The van der Waals surface area contributed by atoms with Crippen LogP contribution in [0.3, 0.4) is 0 Å². The van der Waals surface area contributed by atoms with Crippen molar-refractivity contribution in [1.29, 1.82) is 0 Å². The lowest BCUT2D eigenvalue weighted by molar-refractivity contribution is 0.102. The average Bonchev–Trinajstić information content (AvgIpc) is 3.54. The topological polar surface area (TPSA) is 97.6 Å². The number of pyridine rings is 1. The van der Waals surface area contributed by atoms with Crippen LogP contribution in [-0.4, -0.2) is 30.6 Å². The number of anilines is 3. The van der Waals surface area contributed by atoms with Crippen LogP contribution in [0.15, 0.2) is 43.1 Å². The molecule has 0 aliphatic heterocycles. The van der Waals surface area contributed by atoms with E-state index in [0.29, 0.717) is 34.8 Å². The predicted octanol–water partition coefficient (Wildman–Crippen LogP) is 4.45. The predicted molar refractivity (Wildman–Crippen MR) is 114 cm³/mol. The molecule has 0 bridgehead atoms. The Hall–Kier alpha value is -3.29. The second kappa shape index (κ2) is 8.22. The van der Waals surface area contributed by atoms with Crippen LogP contribution >= 0.6 is 0 Å². The Labute approximate surface area is 175 Å². The summed E-state index contributed by atoms with van der Waals surface area (Å²) in [6, 6.07) is 6.17. The molecule has 0 aromatic carbocycles. The molecule has 0 atom stereocenters. The zero-order chi connectivity index (χ0) is 20.3. The third-order valence-corrected chi connectivity index (χ3v) is 5.77. The first-order valence-electron chi connectivity index (χ1n) is 10.7. The van der Waals surface area contributed by atoms with Crippen LogP contribution in [0.5, 0.6) is 0 Å². The Morgan fingerprint density at radius 3 is 2.57 bits per heavy atom. The van der Waals surface area contributed by atoms with Crippen molar-refractivity contribution < 1.29 is 4.79 Å². The summed E-state index contributed by atoms with van der Waals surface area (Å²) in [6.07, 6.45) is 15.1. The van der Waals surface area contributed by atoms with Gasteiger partial charge < -0.3 is 10.6 Å². The number of rotatable bonds is 6. The summed E-state index contributed by atoms with van der Waals surface area (Å²) in [5, 5.41) is 10.7. The summed E-state index contributed by atoms with van der Waals surface area (Å²) >= 11 is 0.